The molecule has 0 aliphatic carbocycles. The number of hydrogen-bond donors (Lipinski definition) is 2. The summed E-state index contributed by atoms with van der Waals surface area (Å²) in [7, 11) is 0. The number of piperidine rings is 1. The van der Waals surface area contributed by atoms with Crippen molar-refractivity contribution in [3.8, 4) is 0 Å². The van der Waals surface area contributed by atoms with Crippen LogP contribution in [-0.2, 0) is 4.74 Å². The van der Waals surface area contributed by atoms with Crippen LogP contribution in [0, 0.1) is 6.92 Å². The number of pyridine rings is 1. The van der Waals surface area contributed by atoms with Crippen LogP contribution in [-0.4, -0.2) is 37.3 Å². The van der Waals surface area contributed by atoms with Crippen LogP contribution in [0.3, 0.4) is 0 Å². The van der Waals surface area contributed by atoms with E-state index in [1.54, 1.807) is 0 Å². The molecule has 1 aromatic rings. The van der Waals surface area contributed by atoms with Crippen LogP contribution in [0.2, 0.25) is 0 Å². The standard InChI is InChI=1S/C13H21N3O/c1-11-2-3-13(16-10-11)15-8-9-17-12-4-6-14-7-5-12/h2-3,10,12,14H,4-9H2,1H3,(H,15,16). The molecule has 4 heteroatoms. The van der Waals surface area contributed by atoms with Crippen molar-refractivity contribution in [1.29, 1.82) is 0 Å². The second-order valence-electron chi connectivity index (χ2n) is 4.47. The van der Waals surface area contributed by atoms with Crippen molar-refractivity contribution in [3.05, 3.63) is 23.9 Å². The van der Waals surface area contributed by atoms with Gasteiger partial charge in [0.15, 0.2) is 0 Å². The number of ether oxygens (including phenoxy) is 1. The predicted octanol–water partition coefficient (Wildman–Crippen LogP) is 1.57. The van der Waals surface area contributed by atoms with E-state index < -0.39 is 0 Å². The van der Waals surface area contributed by atoms with Gasteiger partial charge in [-0.25, -0.2) is 4.98 Å². The average molecular weight is 235 g/mol. The molecule has 0 radical (unpaired) electrons. The zero-order valence-corrected chi connectivity index (χ0v) is 10.4. The highest BCUT2D eigenvalue weighted by molar-refractivity contribution is 5.34. The quantitative estimate of drug-likeness (QED) is 0.761. The second kappa shape index (κ2) is 6.57. The Morgan fingerprint density at radius 1 is 1.41 bits per heavy atom. The maximum absolute atomic E-state index is 5.80. The maximum atomic E-state index is 5.80. The molecule has 2 N–H and O–H groups in total. The minimum Gasteiger partial charge on any atom is -0.376 e. The van der Waals surface area contributed by atoms with E-state index in [1.165, 1.54) is 5.56 Å². The molecule has 0 bridgehead atoms. The zero-order chi connectivity index (χ0) is 11.9. The van der Waals surface area contributed by atoms with E-state index in [0.29, 0.717) is 6.10 Å². The molecule has 0 saturated carbocycles. The SMILES string of the molecule is Cc1ccc(NCCOC2CCNCC2)nc1. The van der Waals surface area contributed by atoms with E-state index in [2.05, 4.69) is 21.7 Å². The molecule has 2 rings (SSSR count). The highest BCUT2D eigenvalue weighted by Crippen LogP contribution is 2.07. The molecule has 17 heavy (non-hydrogen) atoms. The molecule has 0 spiro atoms. The Morgan fingerprint density at radius 3 is 2.94 bits per heavy atom. The Kier molecular flexibility index (Phi) is 4.76. The molecule has 1 aliphatic heterocycles. The third-order valence-electron chi connectivity index (χ3n) is 2.96. The Bertz CT molecular complexity index is 320. The van der Waals surface area contributed by atoms with Gasteiger partial charge in [-0.15, -0.1) is 0 Å². The summed E-state index contributed by atoms with van der Waals surface area (Å²) in [6.45, 7) is 5.77. The van der Waals surface area contributed by atoms with Crippen molar-refractivity contribution in [2.75, 3.05) is 31.6 Å². The number of anilines is 1. The fraction of sp³-hybridized carbons (Fsp3) is 0.615. The van der Waals surface area contributed by atoms with E-state index in [0.717, 1.165) is 44.9 Å². The van der Waals surface area contributed by atoms with Gasteiger partial charge in [0.2, 0.25) is 0 Å². The third-order valence-corrected chi connectivity index (χ3v) is 2.96. The van der Waals surface area contributed by atoms with E-state index >= 15 is 0 Å². The lowest BCUT2D eigenvalue weighted by Crippen LogP contribution is -2.33. The second-order valence-corrected chi connectivity index (χ2v) is 4.47. The van der Waals surface area contributed by atoms with Crippen LogP contribution in [0.1, 0.15) is 18.4 Å². The van der Waals surface area contributed by atoms with E-state index in [4.69, 9.17) is 4.74 Å². The van der Waals surface area contributed by atoms with Gasteiger partial charge in [-0.3, -0.25) is 0 Å². The molecular weight excluding hydrogens is 214 g/mol. The van der Waals surface area contributed by atoms with Crippen molar-refractivity contribution in [3.63, 3.8) is 0 Å². The first-order valence-corrected chi connectivity index (χ1v) is 6.33. The minimum absolute atomic E-state index is 0.434. The number of nitrogens with one attached hydrogen (secondary N) is 2. The Morgan fingerprint density at radius 2 is 2.24 bits per heavy atom. The summed E-state index contributed by atoms with van der Waals surface area (Å²) >= 11 is 0. The fourth-order valence-electron chi connectivity index (χ4n) is 1.94. The zero-order valence-electron chi connectivity index (χ0n) is 10.4. The first-order chi connectivity index (χ1) is 8.34. The maximum Gasteiger partial charge on any atom is 0.125 e. The molecule has 4 nitrogen and oxygen atoms in total. The van der Waals surface area contributed by atoms with Crippen molar-refractivity contribution in [2.24, 2.45) is 0 Å². The normalized spacial score (nSPS) is 17.0. The summed E-state index contributed by atoms with van der Waals surface area (Å²) in [4.78, 5) is 4.29. The fourth-order valence-corrected chi connectivity index (χ4v) is 1.94. The van der Waals surface area contributed by atoms with Crippen molar-refractivity contribution >= 4 is 5.82 Å². The van der Waals surface area contributed by atoms with E-state index in [1.807, 2.05) is 19.2 Å². The molecule has 94 valence electrons. The lowest BCUT2D eigenvalue weighted by Gasteiger charge is -2.23. The molecule has 2 heterocycles. The predicted molar refractivity (Wildman–Crippen MR) is 69.3 cm³/mol. The van der Waals surface area contributed by atoms with Crippen LogP contribution in [0.25, 0.3) is 0 Å². The molecular formula is C13H21N3O. The number of aryl methyl sites for hydroxylation is 1. The van der Waals surface area contributed by atoms with Gasteiger partial charge in [-0.05, 0) is 44.5 Å². The molecule has 1 aliphatic rings. The molecule has 0 aromatic carbocycles. The van der Waals surface area contributed by atoms with Crippen LogP contribution < -0.4 is 10.6 Å². The number of hydrogen-bond acceptors (Lipinski definition) is 4. The topological polar surface area (TPSA) is 46.2 Å². The number of rotatable bonds is 5. The average Bonchev–Trinajstić information content (AvgIpc) is 2.38. The summed E-state index contributed by atoms with van der Waals surface area (Å²) in [5, 5.41) is 6.59. The summed E-state index contributed by atoms with van der Waals surface area (Å²) in [6, 6.07) is 4.06. The number of aromatic nitrogens is 1. The monoisotopic (exact) mass is 235 g/mol. The lowest BCUT2D eigenvalue weighted by atomic mass is 10.1. The van der Waals surface area contributed by atoms with Gasteiger partial charge in [-0.1, -0.05) is 6.07 Å². The van der Waals surface area contributed by atoms with Gasteiger partial charge in [-0.2, -0.15) is 0 Å². The van der Waals surface area contributed by atoms with Gasteiger partial charge in [0, 0.05) is 12.7 Å². The van der Waals surface area contributed by atoms with E-state index in [-0.39, 0.29) is 0 Å². The summed E-state index contributed by atoms with van der Waals surface area (Å²) in [5.41, 5.74) is 1.18. The summed E-state index contributed by atoms with van der Waals surface area (Å²) in [6.07, 6.45) is 4.56. The first kappa shape index (κ1) is 12.3. The highest BCUT2D eigenvalue weighted by Gasteiger charge is 2.12. The molecule has 0 amide bonds. The smallest absolute Gasteiger partial charge is 0.125 e. The van der Waals surface area contributed by atoms with Gasteiger partial charge in [0.25, 0.3) is 0 Å². The summed E-state index contributed by atoms with van der Waals surface area (Å²) in [5.74, 6) is 0.921. The van der Waals surface area contributed by atoms with Crippen LogP contribution >= 0.6 is 0 Å². The van der Waals surface area contributed by atoms with Gasteiger partial charge in [0.05, 0.1) is 12.7 Å². The Labute approximate surface area is 103 Å². The number of nitrogens with zero attached hydrogens (tertiary/aromatic N) is 1. The van der Waals surface area contributed by atoms with Crippen molar-refractivity contribution in [2.45, 2.75) is 25.9 Å². The van der Waals surface area contributed by atoms with Gasteiger partial charge >= 0.3 is 0 Å². The molecule has 1 fully saturated rings. The summed E-state index contributed by atoms with van der Waals surface area (Å²) < 4.78 is 5.80. The Balaban J connectivity index is 1.60. The lowest BCUT2D eigenvalue weighted by molar-refractivity contribution is 0.0394. The van der Waals surface area contributed by atoms with Crippen LogP contribution in [0.15, 0.2) is 18.3 Å². The first-order valence-electron chi connectivity index (χ1n) is 6.33. The van der Waals surface area contributed by atoms with Gasteiger partial charge < -0.3 is 15.4 Å². The highest BCUT2D eigenvalue weighted by atomic mass is 16.5. The largest absolute Gasteiger partial charge is 0.376 e. The van der Waals surface area contributed by atoms with Crippen molar-refractivity contribution in [1.82, 2.24) is 10.3 Å². The van der Waals surface area contributed by atoms with Crippen LogP contribution in [0.4, 0.5) is 5.82 Å². The van der Waals surface area contributed by atoms with Crippen molar-refractivity contribution < 1.29 is 4.74 Å². The molecule has 0 unspecified atom stereocenters. The Hall–Kier alpha value is -1.13. The molecule has 1 aromatic heterocycles. The van der Waals surface area contributed by atoms with Crippen LogP contribution in [0.5, 0.6) is 0 Å². The van der Waals surface area contributed by atoms with E-state index in [9.17, 15) is 0 Å². The third kappa shape index (κ3) is 4.32. The van der Waals surface area contributed by atoms with Gasteiger partial charge in [0.1, 0.15) is 5.82 Å². The molecule has 0 atom stereocenters. The molecule has 1 saturated heterocycles. The minimum atomic E-state index is 0.434.